The van der Waals surface area contributed by atoms with Gasteiger partial charge in [0, 0.05) is 44.1 Å². The number of benzene rings is 1. The average Bonchev–Trinajstić information content (AvgIpc) is 3.40. The zero-order valence-corrected chi connectivity index (χ0v) is 13.0. The number of rotatable bonds is 4. The highest BCUT2D eigenvalue weighted by Crippen LogP contribution is 2.24. The molecule has 6 heteroatoms. The zero-order chi connectivity index (χ0) is 15.6. The summed E-state index contributed by atoms with van der Waals surface area (Å²) in [5.41, 5.74) is 1.07. The fourth-order valence-corrected chi connectivity index (χ4v) is 2.83. The first-order chi connectivity index (χ1) is 11.3. The molecule has 23 heavy (non-hydrogen) atoms. The van der Waals surface area contributed by atoms with Gasteiger partial charge < -0.3 is 15.1 Å². The first-order valence-corrected chi connectivity index (χ1v) is 8.13. The lowest BCUT2D eigenvalue weighted by molar-refractivity contribution is 0.623. The van der Waals surface area contributed by atoms with Gasteiger partial charge in [-0.2, -0.15) is 4.98 Å². The van der Waals surface area contributed by atoms with Crippen LogP contribution in [-0.2, 0) is 0 Å². The third kappa shape index (κ3) is 3.36. The van der Waals surface area contributed by atoms with E-state index in [9.17, 15) is 4.39 Å². The lowest BCUT2D eigenvalue weighted by atomic mass is 10.2. The molecule has 2 fully saturated rings. The Balaban J connectivity index is 1.39. The van der Waals surface area contributed by atoms with E-state index in [-0.39, 0.29) is 5.82 Å². The normalized spacial score (nSPS) is 18.1. The SMILES string of the molecule is Fc1ccc(N2CCN(c3nccc(NC4CC4)n3)CC2)cc1. The van der Waals surface area contributed by atoms with Crippen molar-refractivity contribution < 1.29 is 4.39 Å². The molecule has 0 radical (unpaired) electrons. The minimum atomic E-state index is -0.194. The highest BCUT2D eigenvalue weighted by atomic mass is 19.1. The Morgan fingerprint density at radius 1 is 0.957 bits per heavy atom. The highest BCUT2D eigenvalue weighted by Gasteiger charge is 2.23. The average molecular weight is 313 g/mol. The van der Waals surface area contributed by atoms with Gasteiger partial charge in [0.05, 0.1) is 0 Å². The fourth-order valence-electron chi connectivity index (χ4n) is 2.83. The van der Waals surface area contributed by atoms with E-state index in [1.54, 1.807) is 0 Å². The summed E-state index contributed by atoms with van der Waals surface area (Å²) in [4.78, 5) is 13.5. The summed E-state index contributed by atoms with van der Waals surface area (Å²) in [6.07, 6.45) is 4.28. The molecule has 1 saturated heterocycles. The Kier molecular flexibility index (Phi) is 3.73. The molecular weight excluding hydrogens is 293 g/mol. The van der Waals surface area contributed by atoms with Gasteiger partial charge in [0.2, 0.25) is 5.95 Å². The van der Waals surface area contributed by atoms with Gasteiger partial charge in [-0.25, -0.2) is 9.37 Å². The fraction of sp³-hybridized carbons (Fsp3) is 0.412. The topological polar surface area (TPSA) is 44.3 Å². The maximum Gasteiger partial charge on any atom is 0.227 e. The molecule has 120 valence electrons. The minimum absolute atomic E-state index is 0.194. The second-order valence-corrected chi connectivity index (χ2v) is 6.11. The van der Waals surface area contributed by atoms with E-state index >= 15 is 0 Å². The first-order valence-electron chi connectivity index (χ1n) is 8.13. The molecule has 0 spiro atoms. The van der Waals surface area contributed by atoms with Crippen LogP contribution >= 0.6 is 0 Å². The van der Waals surface area contributed by atoms with E-state index in [1.165, 1.54) is 25.0 Å². The monoisotopic (exact) mass is 313 g/mol. The molecular formula is C17H20FN5. The molecule has 1 saturated carbocycles. The van der Waals surface area contributed by atoms with Gasteiger partial charge in [0.15, 0.2) is 0 Å². The number of anilines is 3. The predicted octanol–water partition coefficient (Wildman–Crippen LogP) is 2.52. The third-order valence-electron chi connectivity index (χ3n) is 4.33. The smallest absolute Gasteiger partial charge is 0.227 e. The number of piperazine rings is 1. The summed E-state index contributed by atoms with van der Waals surface area (Å²) in [6.45, 7) is 3.50. The van der Waals surface area contributed by atoms with Crippen molar-refractivity contribution in [1.29, 1.82) is 0 Å². The second-order valence-electron chi connectivity index (χ2n) is 6.11. The van der Waals surface area contributed by atoms with Crippen LogP contribution in [0.4, 0.5) is 21.8 Å². The molecule has 2 aromatic rings. The minimum Gasteiger partial charge on any atom is -0.368 e. The van der Waals surface area contributed by atoms with Crippen molar-refractivity contribution in [3.8, 4) is 0 Å². The van der Waals surface area contributed by atoms with E-state index in [4.69, 9.17) is 0 Å². The van der Waals surface area contributed by atoms with E-state index in [2.05, 4.69) is 25.1 Å². The maximum absolute atomic E-state index is 13.0. The molecule has 2 heterocycles. The van der Waals surface area contributed by atoms with Crippen molar-refractivity contribution in [2.24, 2.45) is 0 Å². The molecule has 0 unspecified atom stereocenters. The van der Waals surface area contributed by atoms with E-state index in [0.29, 0.717) is 6.04 Å². The van der Waals surface area contributed by atoms with Crippen LogP contribution in [0.1, 0.15) is 12.8 Å². The van der Waals surface area contributed by atoms with Crippen LogP contribution in [0.25, 0.3) is 0 Å². The summed E-state index contributed by atoms with van der Waals surface area (Å²) in [6, 6.07) is 9.21. The van der Waals surface area contributed by atoms with Crippen molar-refractivity contribution in [2.45, 2.75) is 18.9 Å². The Morgan fingerprint density at radius 2 is 1.65 bits per heavy atom. The molecule has 4 rings (SSSR count). The quantitative estimate of drug-likeness (QED) is 0.939. The van der Waals surface area contributed by atoms with Gasteiger partial charge in [-0.05, 0) is 43.2 Å². The van der Waals surface area contributed by atoms with Crippen LogP contribution in [0.3, 0.4) is 0 Å². The van der Waals surface area contributed by atoms with Gasteiger partial charge in [0.25, 0.3) is 0 Å². The van der Waals surface area contributed by atoms with Crippen molar-refractivity contribution >= 4 is 17.5 Å². The van der Waals surface area contributed by atoms with Crippen molar-refractivity contribution in [2.75, 3.05) is 41.3 Å². The van der Waals surface area contributed by atoms with Gasteiger partial charge in [-0.3, -0.25) is 0 Å². The largest absolute Gasteiger partial charge is 0.368 e. The van der Waals surface area contributed by atoms with Crippen LogP contribution in [0.5, 0.6) is 0 Å². The zero-order valence-electron chi connectivity index (χ0n) is 13.0. The summed E-state index contributed by atoms with van der Waals surface area (Å²) in [7, 11) is 0. The van der Waals surface area contributed by atoms with Gasteiger partial charge in [-0.15, -0.1) is 0 Å². The Hall–Kier alpha value is -2.37. The molecule has 1 aliphatic carbocycles. The number of aromatic nitrogens is 2. The number of hydrogen-bond donors (Lipinski definition) is 1. The number of halogens is 1. The van der Waals surface area contributed by atoms with Gasteiger partial charge >= 0.3 is 0 Å². The molecule has 0 amide bonds. The number of nitrogens with one attached hydrogen (secondary N) is 1. The summed E-state index contributed by atoms with van der Waals surface area (Å²) >= 11 is 0. The Bertz CT molecular complexity index is 663. The van der Waals surface area contributed by atoms with Crippen LogP contribution in [-0.4, -0.2) is 42.2 Å². The lowest BCUT2D eigenvalue weighted by Gasteiger charge is -2.36. The van der Waals surface area contributed by atoms with Crippen LogP contribution in [0.15, 0.2) is 36.5 Å². The second kappa shape index (κ2) is 6.02. The van der Waals surface area contributed by atoms with Gasteiger partial charge in [0.1, 0.15) is 11.6 Å². The van der Waals surface area contributed by atoms with Gasteiger partial charge in [-0.1, -0.05) is 0 Å². The predicted molar refractivity (Wildman–Crippen MR) is 89.5 cm³/mol. The van der Waals surface area contributed by atoms with Crippen LogP contribution < -0.4 is 15.1 Å². The molecule has 1 aromatic heterocycles. The molecule has 0 bridgehead atoms. The molecule has 1 N–H and O–H groups in total. The Morgan fingerprint density at radius 3 is 2.35 bits per heavy atom. The third-order valence-corrected chi connectivity index (χ3v) is 4.33. The maximum atomic E-state index is 13.0. The van der Waals surface area contributed by atoms with E-state index in [0.717, 1.165) is 43.6 Å². The van der Waals surface area contributed by atoms with Crippen molar-refractivity contribution in [3.63, 3.8) is 0 Å². The number of nitrogens with zero attached hydrogens (tertiary/aromatic N) is 4. The Labute approximate surface area is 135 Å². The lowest BCUT2D eigenvalue weighted by Crippen LogP contribution is -2.47. The molecule has 5 nitrogen and oxygen atoms in total. The number of hydrogen-bond acceptors (Lipinski definition) is 5. The summed E-state index contributed by atoms with van der Waals surface area (Å²) < 4.78 is 13.0. The van der Waals surface area contributed by atoms with Crippen molar-refractivity contribution in [1.82, 2.24) is 9.97 Å². The molecule has 1 aromatic carbocycles. The van der Waals surface area contributed by atoms with E-state index < -0.39 is 0 Å². The highest BCUT2D eigenvalue weighted by molar-refractivity contribution is 5.49. The molecule has 1 aliphatic heterocycles. The van der Waals surface area contributed by atoms with E-state index in [1.807, 2.05) is 24.4 Å². The summed E-state index contributed by atoms with van der Waals surface area (Å²) in [5, 5.41) is 3.41. The standard InChI is InChI=1S/C17H20FN5/c18-13-1-5-15(6-2-13)22-9-11-23(12-10-22)17-19-8-7-16(21-17)20-14-3-4-14/h1-2,5-8,14H,3-4,9-12H2,(H,19,20,21). The van der Waals surface area contributed by atoms with Crippen LogP contribution in [0.2, 0.25) is 0 Å². The molecule has 0 atom stereocenters. The summed E-state index contributed by atoms with van der Waals surface area (Å²) in [5.74, 6) is 1.51. The first kappa shape index (κ1) is 14.2. The van der Waals surface area contributed by atoms with Crippen molar-refractivity contribution in [3.05, 3.63) is 42.3 Å². The van der Waals surface area contributed by atoms with Crippen LogP contribution in [0, 0.1) is 5.82 Å². The molecule has 2 aliphatic rings.